The first kappa shape index (κ1) is 16.7. The van der Waals surface area contributed by atoms with Crippen LogP contribution < -0.4 is 9.47 Å². The highest BCUT2D eigenvalue weighted by molar-refractivity contribution is 7.89. The minimum absolute atomic E-state index is 0.112. The van der Waals surface area contributed by atoms with Crippen molar-refractivity contribution in [3.8, 4) is 11.5 Å². The molecule has 0 saturated heterocycles. The Hall–Kier alpha value is -1.76. The molecule has 0 amide bonds. The summed E-state index contributed by atoms with van der Waals surface area (Å²) in [6, 6.07) is 8.51. The smallest absolute Gasteiger partial charge is 0.244 e. The molecule has 0 radical (unpaired) electrons. The van der Waals surface area contributed by atoms with Crippen LogP contribution in [0.3, 0.4) is 0 Å². The maximum atomic E-state index is 12.9. The molecule has 4 rings (SSSR count). The van der Waals surface area contributed by atoms with E-state index in [4.69, 9.17) is 21.1 Å². The van der Waals surface area contributed by atoms with E-state index in [9.17, 15) is 8.42 Å². The molecule has 0 unspecified atom stereocenters. The number of ether oxygens (including phenoxy) is 2. The minimum atomic E-state index is -3.70. The van der Waals surface area contributed by atoms with Crippen LogP contribution in [0, 0.1) is 0 Å². The van der Waals surface area contributed by atoms with E-state index in [1.807, 2.05) is 6.07 Å². The molecule has 132 valence electrons. The van der Waals surface area contributed by atoms with Crippen LogP contribution in [0.15, 0.2) is 35.2 Å². The van der Waals surface area contributed by atoms with Crippen molar-refractivity contribution in [3.63, 3.8) is 0 Å². The second-order valence-corrected chi connectivity index (χ2v) is 8.63. The van der Waals surface area contributed by atoms with Crippen LogP contribution in [0.25, 0.3) is 0 Å². The van der Waals surface area contributed by atoms with Crippen molar-refractivity contribution >= 4 is 21.6 Å². The third-order valence-electron chi connectivity index (χ3n) is 4.67. The highest BCUT2D eigenvalue weighted by Gasteiger charge is 2.30. The van der Waals surface area contributed by atoms with Gasteiger partial charge in [0.15, 0.2) is 0 Å². The van der Waals surface area contributed by atoms with Gasteiger partial charge in [0.05, 0.1) is 18.2 Å². The molecule has 0 aromatic heterocycles. The Morgan fingerprint density at radius 2 is 1.92 bits per heavy atom. The lowest BCUT2D eigenvalue weighted by Gasteiger charge is -2.21. The number of nitrogens with zero attached hydrogens (tertiary/aromatic N) is 1. The molecule has 0 N–H and O–H groups in total. The highest BCUT2D eigenvalue weighted by Crippen LogP contribution is 2.41. The summed E-state index contributed by atoms with van der Waals surface area (Å²) in [5.74, 6) is 1.66. The van der Waals surface area contributed by atoms with Gasteiger partial charge in [-0.05, 0) is 18.2 Å². The normalized spacial score (nSPS) is 15.6. The van der Waals surface area contributed by atoms with Crippen LogP contribution >= 0.6 is 11.6 Å². The van der Waals surface area contributed by atoms with E-state index in [1.165, 1.54) is 10.4 Å². The average molecular weight is 380 g/mol. The molecule has 2 aromatic carbocycles. The lowest BCUT2D eigenvalue weighted by atomic mass is 9.99. The lowest BCUT2D eigenvalue weighted by Crippen LogP contribution is -2.27. The Bertz CT molecular complexity index is 910. The molecule has 2 aliphatic rings. The summed E-state index contributed by atoms with van der Waals surface area (Å²) in [5.41, 5.74) is 3.03. The van der Waals surface area contributed by atoms with Gasteiger partial charge in [-0.15, -0.1) is 0 Å². The maximum Gasteiger partial charge on any atom is 0.244 e. The van der Waals surface area contributed by atoms with Gasteiger partial charge in [0.1, 0.15) is 16.4 Å². The van der Waals surface area contributed by atoms with Crippen LogP contribution in [0.1, 0.15) is 16.7 Å². The third kappa shape index (κ3) is 2.78. The van der Waals surface area contributed by atoms with Crippen molar-refractivity contribution < 1.29 is 17.9 Å². The molecular formula is C18H18ClNO4S. The SMILES string of the molecule is CN(Cc1c2c(cc3c1OCC3)OCC2)S(=O)(=O)c1ccccc1Cl. The second kappa shape index (κ2) is 6.20. The zero-order valence-electron chi connectivity index (χ0n) is 13.8. The zero-order chi connectivity index (χ0) is 17.6. The summed E-state index contributed by atoms with van der Waals surface area (Å²) in [7, 11) is -2.13. The van der Waals surface area contributed by atoms with E-state index in [0.717, 1.165) is 41.0 Å². The molecule has 0 aliphatic carbocycles. The summed E-state index contributed by atoms with van der Waals surface area (Å²) in [6.07, 6.45) is 1.58. The Kier molecular flexibility index (Phi) is 4.14. The first-order valence-electron chi connectivity index (χ1n) is 8.12. The van der Waals surface area contributed by atoms with E-state index in [1.54, 1.807) is 25.2 Å². The molecule has 0 saturated carbocycles. The van der Waals surface area contributed by atoms with Crippen LogP contribution in [0.5, 0.6) is 11.5 Å². The van der Waals surface area contributed by atoms with Gasteiger partial charge in [-0.25, -0.2) is 8.42 Å². The monoisotopic (exact) mass is 379 g/mol. The Labute approximate surface area is 152 Å². The number of halogens is 1. The predicted octanol–water partition coefficient (Wildman–Crippen LogP) is 3.03. The molecule has 0 spiro atoms. The number of sulfonamides is 1. The van der Waals surface area contributed by atoms with E-state index in [0.29, 0.717) is 13.2 Å². The molecule has 0 bridgehead atoms. The van der Waals surface area contributed by atoms with Crippen molar-refractivity contribution in [2.75, 3.05) is 20.3 Å². The Morgan fingerprint density at radius 3 is 2.72 bits per heavy atom. The van der Waals surface area contributed by atoms with Gasteiger partial charge in [-0.3, -0.25) is 0 Å². The fourth-order valence-corrected chi connectivity index (χ4v) is 5.01. The Balaban J connectivity index is 1.73. The number of rotatable bonds is 4. The van der Waals surface area contributed by atoms with Gasteiger partial charge >= 0.3 is 0 Å². The van der Waals surface area contributed by atoms with Crippen LogP contribution in [0.4, 0.5) is 0 Å². The van der Waals surface area contributed by atoms with E-state index < -0.39 is 10.0 Å². The minimum Gasteiger partial charge on any atom is -0.493 e. The van der Waals surface area contributed by atoms with Gasteiger partial charge in [0.25, 0.3) is 0 Å². The van der Waals surface area contributed by atoms with Crippen LogP contribution in [-0.4, -0.2) is 33.0 Å². The molecule has 2 heterocycles. The largest absolute Gasteiger partial charge is 0.493 e. The van der Waals surface area contributed by atoms with Crippen LogP contribution in [0.2, 0.25) is 5.02 Å². The summed E-state index contributed by atoms with van der Waals surface area (Å²) < 4.78 is 38.7. The van der Waals surface area contributed by atoms with Crippen molar-refractivity contribution in [2.24, 2.45) is 0 Å². The molecule has 0 fully saturated rings. The van der Waals surface area contributed by atoms with Gasteiger partial charge in [-0.1, -0.05) is 23.7 Å². The quantitative estimate of drug-likeness (QED) is 0.819. The molecule has 2 aliphatic heterocycles. The number of hydrogen-bond donors (Lipinski definition) is 0. The molecule has 2 aromatic rings. The van der Waals surface area contributed by atoms with Crippen molar-refractivity contribution in [1.82, 2.24) is 4.31 Å². The van der Waals surface area contributed by atoms with Gasteiger partial charge in [-0.2, -0.15) is 4.31 Å². The first-order chi connectivity index (χ1) is 12.0. The molecule has 0 atom stereocenters. The summed E-state index contributed by atoms with van der Waals surface area (Å²) in [5, 5.41) is 0.220. The molecule has 5 nitrogen and oxygen atoms in total. The standard InChI is InChI=1S/C18H18ClNO4S/c1-20(25(21,22)17-5-3-2-4-15(17)19)11-14-13-7-9-23-16(13)10-12-6-8-24-18(12)14/h2-5,10H,6-9,11H2,1H3. The fourth-order valence-electron chi connectivity index (χ4n) is 3.38. The third-order valence-corrected chi connectivity index (χ3v) is 6.97. The molecule has 25 heavy (non-hydrogen) atoms. The highest BCUT2D eigenvalue weighted by atomic mass is 35.5. The second-order valence-electron chi connectivity index (χ2n) is 6.21. The first-order valence-corrected chi connectivity index (χ1v) is 9.94. The van der Waals surface area contributed by atoms with Crippen molar-refractivity contribution in [2.45, 2.75) is 24.3 Å². The van der Waals surface area contributed by atoms with Gasteiger partial charge in [0.2, 0.25) is 10.0 Å². The number of fused-ring (bicyclic) bond motifs is 2. The molecular weight excluding hydrogens is 362 g/mol. The zero-order valence-corrected chi connectivity index (χ0v) is 15.4. The number of hydrogen-bond acceptors (Lipinski definition) is 4. The molecule has 7 heteroatoms. The number of benzene rings is 2. The van der Waals surface area contributed by atoms with E-state index >= 15 is 0 Å². The van der Waals surface area contributed by atoms with E-state index in [2.05, 4.69) is 0 Å². The Morgan fingerprint density at radius 1 is 1.16 bits per heavy atom. The summed E-state index contributed by atoms with van der Waals surface area (Å²) >= 11 is 6.09. The maximum absolute atomic E-state index is 12.9. The predicted molar refractivity (Wildman–Crippen MR) is 94.9 cm³/mol. The summed E-state index contributed by atoms with van der Waals surface area (Å²) in [6.45, 7) is 1.46. The topological polar surface area (TPSA) is 55.8 Å². The fraction of sp³-hybridized carbons (Fsp3) is 0.333. The van der Waals surface area contributed by atoms with Crippen molar-refractivity contribution in [3.05, 3.63) is 52.0 Å². The average Bonchev–Trinajstić information content (AvgIpc) is 3.23. The lowest BCUT2D eigenvalue weighted by molar-refractivity contribution is 0.348. The van der Waals surface area contributed by atoms with Gasteiger partial charge < -0.3 is 9.47 Å². The summed E-state index contributed by atoms with van der Waals surface area (Å²) in [4.78, 5) is 0.112. The van der Waals surface area contributed by atoms with E-state index in [-0.39, 0.29) is 16.5 Å². The van der Waals surface area contributed by atoms with Crippen molar-refractivity contribution in [1.29, 1.82) is 0 Å². The van der Waals surface area contributed by atoms with Gasteiger partial charge in [0, 0.05) is 43.1 Å². The van der Waals surface area contributed by atoms with Crippen LogP contribution in [-0.2, 0) is 29.4 Å².